The third-order valence-corrected chi connectivity index (χ3v) is 3.35. The Morgan fingerprint density at radius 3 is 2.79 bits per heavy atom. The van der Waals surface area contributed by atoms with Crippen molar-refractivity contribution in [2.45, 2.75) is 13.3 Å². The van der Waals surface area contributed by atoms with Crippen LogP contribution < -0.4 is 14.9 Å². The molecular weight excluding hydrogens is 328 g/mol. The number of nitrogens with zero attached hydrogens (tertiary/aromatic N) is 1. The van der Waals surface area contributed by atoms with Gasteiger partial charge in [0.05, 0.1) is 19.9 Å². The molecule has 6 heteroatoms. The van der Waals surface area contributed by atoms with Crippen molar-refractivity contribution in [3.8, 4) is 11.5 Å². The normalized spacial score (nSPS) is 10.6. The second-order valence-corrected chi connectivity index (χ2v) is 5.40. The predicted octanol–water partition coefficient (Wildman–Crippen LogP) is 3.90. The Morgan fingerprint density at radius 2 is 2.08 bits per heavy atom. The highest BCUT2D eigenvalue weighted by atomic mass is 35.5. The Labute approximate surface area is 146 Å². The molecular formula is C18H19ClN2O3. The molecule has 0 atom stereocenters. The number of methoxy groups -OCH3 is 1. The standard InChI is InChI=1S/C18H19ClN2O3/c1-3-9-24-16-8-7-13(10-17(16)23-2)12-20-21-18(22)14-5-4-6-15(19)11-14/h4-8,10-12H,3,9H2,1-2H3,(H,21,22)/b20-12-. The first kappa shape index (κ1) is 17.8. The van der Waals surface area contributed by atoms with Crippen molar-refractivity contribution in [1.82, 2.24) is 5.43 Å². The molecule has 0 unspecified atom stereocenters. The average Bonchev–Trinajstić information content (AvgIpc) is 2.60. The molecule has 5 nitrogen and oxygen atoms in total. The number of amides is 1. The lowest BCUT2D eigenvalue weighted by molar-refractivity contribution is 0.0955. The summed E-state index contributed by atoms with van der Waals surface area (Å²) in [6, 6.07) is 12.1. The third-order valence-electron chi connectivity index (χ3n) is 3.12. The summed E-state index contributed by atoms with van der Waals surface area (Å²) in [5, 5.41) is 4.45. The lowest BCUT2D eigenvalue weighted by atomic mass is 10.2. The fraction of sp³-hybridized carbons (Fsp3) is 0.222. The van der Waals surface area contributed by atoms with Gasteiger partial charge in [0.25, 0.3) is 5.91 Å². The highest BCUT2D eigenvalue weighted by Gasteiger charge is 2.06. The number of hydrogen-bond acceptors (Lipinski definition) is 4. The van der Waals surface area contributed by atoms with E-state index in [1.807, 2.05) is 19.1 Å². The number of hydrazone groups is 1. The van der Waals surface area contributed by atoms with Crippen LogP contribution in [0.15, 0.2) is 47.6 Å². The third kappa shape index (κ3) is 4.99. The van der Waals surface area contributed by atoms with E-state index < -0.39 is 0 Å². The second-order valence-electron chi connectivity index (χ2n) is 4.97. The Morgan fingerprint density at radius 1 is 1.25 bits per heavy atom. The highest BCUT2D eigenvalue weighted by molar-refractivity contribution is 6.30. The fourth-order valence-electron chi connectivity index (χ4n) is 1.96. The molecule has 0 radical (unpaired) electrons. The molecule has 0 heterocycles. The molecule has 2 rings (SSSR count). The van der Waals surface area contributed by atoms with Crippen molar-refractivity contribution in [3.05, 3.63) is 58.6 Å². The SMILES string of the molecule is CCCOc1ccc(/C=N\NC(=O)c2cccc(Cl)c2)cc1OC. The molecule has 0 aromatic heterocycles. The van der Waals surface area contributed by atoms with Crippen molar-refractivity contribution >= 4 is 23.7 Å². The Kier molecular flexibility index (Phi) is 6.63. The van der Waals surface area contributed by atoms with E-state index in [1.54, 1.807) is 37.4 Å². The zero-order chi connectivity index (χ0) is 17.4. The molecule has 126 valence electrons. The molecule has 2 aromatic carbocycles. The van der Waals surface area contributed by atoms with Gasteiger partial charge in [0.1, 0.15) is 0 Å². The van der Waals surface area contributed by atoms with Gasteiger partial charge in [-0.3, -0.25) is 4.79 Å². The topological polar surface area (TPSA) is 59.9 Å². The van der Waals surface area contributed by atoms with E-state index in [0.29, 0.717) is 28.7 Å². The van der Waals surface area contributed by atoms with Crippen LogP contribution in [0.4, 0.5) is 0 Å². The van der Waals surface area contributed by atoms with Gasteiger partial charge in [-0.15, -0.1) is 0 Å². The van der Waals surface area contributed by atoms with E-state index in [4.69, 9.17) is 21.1 Å². The van der Waals surface area contributed by atoms with E-state index in [9.17, 15) is 4.79 Å². The van der Waals surface area contributed by atoms with Crippen LogP contribution in [0, 0.1) is 0 Å². The number of rotatable bonds is 7. The summed E-state index contributed by atoms with van der Waals surface area (Å²) in [6.07, 6.45) is 2.45. The van der Waals surface area contributed by atoms with Gasteiger partial charge in [-0.05, 0) is 48.4 Å². The van der Waals surface area contributed by atoms with Crippen LogP contribution in [0.5, 0.6) is 11.5 Å². The molecule has 0 aliphatic heterocycles. The van der Waals surface area contributed by atoms with E-state index in [-0.39, 0.29) is 5.91 Å². The molecule has 1 N–H and O–H groups in total. The lowest BCUT2D eigenvalue weighted by Gasteiger charge is -2.10. The molecule has 0 aliphatic carbocycles. The molecule has 0 bridgehead atoms. The zero-order valence-corrected chi connectivity index (χ0v) is 14.3. The van der Waals surface area contributed by atoms with Gasteiger partial charge in [0, 0.05) is 10.6 Å². The van der Waals surface area contributed by atoms with Gasteiger partial charge in [0.2, 0.25) is 0 Å². The molecule has 1 amide bonds. The van der Waals surface area contributed by atoms with Gasteiger partial charge in [-0.2, -0.15) is 5.10 Å². The van der Waals surface area contributed by atoms with Crippen molar-refractivity contribution in [2.75, 3.05) is 13.7 Å². The number of hydrogen-bond donors (Lipinski definition) is 1. The van der Waals surface area contributed by atoms with Gasteiger partial charge in [-0.1, -0.05) is 24.6 Å². The van der Waals surface area contributed by atoms with Crippen LogP contribution in [0.1, 0.15) is 29.3 Å². The van der Waals surface area contributed by atoms with Crippen LogP contribution in [-0.4, -0.2) is 25.8 Å². The second kappa shape index (κ2) is 8.93. The monoisotopic (exact) mass is 346 g/mol. The summed E-state index contributed by atoms with van der Waals surface area (Å²) >= 11 is 5.86. The van der Waals surface area contributed by atoms with Crippen molar-refractivity contribution in [2.24, 2.45) is 5.10 Å². The predicted molar refractivity (Wildman–Crippen MR) is 95.3 cm³/mol. The maximum atomic E-state index is 12.0. The Hall–Kier alpha value is -2.53. The largest absolute Gasteiger partial charge is 0.493 e. The van der Waals surface area contributed by atoms with Gasteiger partial charge >= 0.3 is 0 Å². The van der Waals surface area contributed by atoms with Crippen LogP contribution in [0.3, 0.4) is 0 Å². The minimum atomic E-state index is -0.330. The summed E-state index contributed by atoms with van der Waals surface area (Å²) in [5.74, 6) is 0.969. The fourth-order valence-corrected chi connectivity index (χ4v) is 2.15. The Bertz CT molecular complexity index is 732. The zero-order valence-electron chi connectivity index (χ0n) is 13.6. The highest BCUT2D eigenvalue weighted by Crippen LogP contribution is 2.27. The van der Waals surface area contributed by atoms with Crippen molar-refractivity contribution in [3.63, 3.8) is 0 Å². The molecule has 0 spiro atoms. The average molecular weight is 347 g/mol. The van der Waals surface area contributed by atoms with Crippen LogP contribution in [-0.2, 0) is 0 Å². The van der Waals surface area contributed by atoms with E-state index in [1.165, 1.54) is 6.21 Å². The van der Waals surface area contributed by atoms with Crippen LogP contribution >= 0.6 is 11.6 Å². The molecule has 2 aromatic rings. The number of benzene rings is 2. The number of carbonyl (C=O) groups is 1. The molecule has 0 saturated heterocycles. The summed E-state index contributed by atoms with van der Waals surface area (Å²) < 4.78 is 10.9. The molecule has 0 fully saturated rings. The molecule has 24 heavy (non-hydrogen) atoms. The van der Waals surface area contributed by atoms with Crippen molar-refractivity contribution < 1.29 is 14.3 Å². The summed E-state index contributed by atoms with van der Waals surface area (Å²) in [6.45, 7) is 2.66. The maximum Gasteiger partial charge on any atom is 0.271 e. The van der Waals surface area contributed by atoms with E-state index in [2.05, 4.69) is 10.5 Å². The van der Waals surface area contributed by atoms with Gasteiger partial charge in [-0.25, -0.2) is 5.43 Å². The summed E-state index contributed by atoms with van der Waals surface area (Å²) in [7, 11) is 1.58. The Balaban J connectivity index is 2.02. The van der Waals surface area contributed by atoms with Crippen molar-refractivity contribution in [1.29, 1.82) is 0 Å². The lowest BCUT2D eigenvalue weighted by Crippen LogP contribution is -2.17. The molecule has 0 saturated carbocycles. The summed E-state index contributed by atoms with van der Waals surface area (Å²) in [5.41, 5.74) is 3.69. The van der Waals surface area contributed by atoms with Gasteiger partial charge in [0.15, 0.2) is 11.5 Å². The maximum absolute atomic E-state index is 12.0. The van der Waals surface area contributed by atoms with Gasteiger partial charge < -0.3 is 9.47 Å². The number of ether oxygens (including phenoxy) is 2. The smallest absolute Gasteiger partial charge is 0.271 e. The van der Waals surface area contributed by atoms with E-state index >= 15 is 0 Å². The van der Waals surface area contributed by atoms with Crippen LogP contribution in [0.2, 0.25) is 5.02 Å². The number of nitrogens with one attached hydrogen (secondary N) is 1. The number of carbonyl (C=O) groups excluding carboxylic acids is 1. The number of halogens is 1. The minimum absolute atomic E-state index is 0.330. The minimum Gasteiger partial charge on any atom is -0.493 e. The first-order valence-electron chi connectivity index (χ1n) is 7.54. The molecule has 0 aliphatic rings. The first-order chi connectivity index (χ1) is 11.6. The summed E-state index contributed by atoms with van der Waals surface area (Å²) in [4.78, 5) is 12.0. The first-order valence-corrected chi connectivity index (χ1v) is 7.91. The quantitative estimate of drug-likeness (QED) is 0.611. The van der Waals surface area contributed by atoms with Crippen LogP contribution in [0.25, 0.3) is 0 Å². The van der Waals surface area contributed by atoms with E-state index in [0.717, 1.165) is 12.0 Å².